The molecule has 5 nitrogen and oxygen atoms in total. The Morgan fingerprint density at radius 2 is 2.17 bits per heavy atom. The van der Waals surface area contributed by atoms with E-state index in [1.807, 2.05) is 59.8 Å². The number of fused-ring (bicyclic) bond motifs is 1. The molecule has 23 heavy (non-hydrogen) atoms. The van der Waals surface area contributed by atoms with Gasteiger partial charge in [-0.25, -0.2) is 4.98 Å². The van der Waals surface area contributed by atoms with Crippen LogP contribution in [0.15, 0.2) is 52.5 Å². The van der Waals surface area contributed by atoms with Crippen LogP contribution in [0.2, 0.25) is 0 Å². The topological polar surface area (TPSA) is 55.9 Å². The Labute approximate surface area is 137 Å². The number of nitrogens with one attached hydrogen (secondary N) is 1. The van der Waals surface area contributed by atoms with E-state index < -0.39 is 0 Å². The molecule has 0 unspecified atom stereocenters. The molecule has 0 radical (unpaired) electrons. The fourth-order valence-corrected chi connectivity index (χ4v) is 3.20. The lowest BCUT2D eigenvalue weighted by atomic mass is 10.2. The number of hydrogen-bond acceptors (Lipinski definition) is 5. The standard InChI is InChI=1S/C17H16N4OS/c1-21-11-13(9-18-10-16-19-6-7-23-16)17(20-21)15-8-12-4-2-3-5-14(12)22-15/h2-8,11,18H,9-10H2,1H3. The van der Waals surface area contributed by atoms with Crippen molar-refractivity contribution in [1.29, 1.82) is 0 Å². The van der Waals surface area contributed by atoms with Gasteiger partial charge in [-0.05, 0) is 12.1 Å². The van der Waals surface area contributed by atoms with Crippen molar-refractivity contribution in [2.45, 2.75) is 13.1 Å². The first kappa shape index (κ1) is 14.2. The molecule has 0 saturated heterocycles. The third kappa shape index (κ3) is 2.91. The van der Waals surface area contributed by atoms with Crippen LogP contribution in [0.5, 0.6) is 0 Å². The minimum atomic E-state index is 0.722. The minimum absolute atomic E-state index is 0.722. The van der Waals surface area contributed by atoms with E-state index in [0.717, 1.165) is 46.1 Å². The van der Waals surface area contributed by atoms with E-state index in [1.54, 1.807) is 11.3 Å². The van der Waals surface area contributed by atoms with E-state index in [4.69, 9.17) is 4.42 Å². The van der Waals surface area contributed by atoms with E-state index in [9.17, 15) is 0 Å². The van der Waals surface area contributed by atoms with E-state index in [2.05, 4.69) is 15.4 Å². The Morgan fingerprint density at radius 3 is 3.00 bits per heavy atom. The fraction of sp³-hybridized carbons (Fsp3) is 0.176. The number of furan rings is 1. The molecule has 3 heterocycles. The van der Waals surface area contributed by atoms with Gasteiger partial charge in [-0.1, -0.05) is 18.2 Å². The van der Waals surface area contributed by atoms with Gasteiger partial charge >= 0.3 is 0 Å². The molecule has 0 aliphatic heterocycles. The summed E-state index contributed by atoms with van der Waals surface area (Å²) in [6, 6.07) is 10.1. The number of thiazole rings is 1. The zero-order valence-electron chi connectivity index (χ0n) is 12.7. The minimum Gasteiger partial charge on any atom is -0.454 e. The molecule has 0 saturated carbocycles. The van der Waals surface area contributed by atoms with Crippen LogP contribution in [0.3, 0.4) is 0 Å². The summed E-state index contributed by atoms with van der Waals surface area (Å²) in [6.45, 7) is 1.48. The van der Waals surface area contributed by atoms with Gasteiger partial charge in [0.15, 0.2) is 5.76 Å². The zero-order valence-corrected chi connectivity index (χ0v) is 13.5. The van der Waals surface area contributed by atoms with Crippen molar-refractivity contribution < 1.29 is 4.42 Å². The van der Waals surface area contributed by atoms with Crippen LogP contribution >= 0.6 is 11.3 Å². The van der Waals surface area contributed by atoms with Crippen LogP contribution in [0.25, 0.3) is 22.4 Å². The van der Waals surface area contributed by atoms with E-state index >= 15 is 0 Å². The number of nitrogens with zero attached hydrogens (tertiary/aromatic N) is 3. The predicted molar refractivity (Wildman–Crippen MR) is 91.1 cm³/mol. The lowest BCUT2D eigenvalue weighted by Crippen LogP contribution is -2.12. The normalized spacial score (nSPS) is 11.3. The first-order valence-corrected chi connectivity index (χ1v) is 8.28. The first-order chi connectivity index (χ1) is 11.3. The third-order valence-corrected chi connectivity index (χ3v) is 4.42. The highest BCUT2D eigenvalue weighted by Gasteiger charge is 2.14. The van der Waals surface area contributed by atoms with Gasteiger partial charge in [-0.2, -0.15) is 5.10 Å². The van der Waals surface area contributed by atoms with Gasteiger partial charge in [-0.3, -0.25) is 4.68 Å². The molecule has 0 fully saturated rings. The van der Waals surface area contributed by atoms with Gasteiger partial charge in [0.2, 0.25) is 0 Å². The first-order valence-electron chi connectivity index (χ1n) is 7.40. The molecule has 0 aliphatic rings. The van der Waals surface area contributed by atoms with E-state index in [0.29, 0.717) is 0 Å². The fourth-order valence-electron chi connectivity index (χ4n) is 2.62. The van der Waals surface area contributed by atoms with Crippen LogP contribution in [-0.2, 0) is 20.1 Å². The summed E-state index contributed by atoms with van der Waals surface area (Å²) < 4.78 is 7.77. The summed E-state index contributed by atoms with van der Waals surface area (Å²) >= 11 is 1.65. The molecule has 4 rings (SSSR count). The molecule has 4 aromatic rings. The Bertz CT molecular complexity index is 890. The smallest absolute Gasteiger partial charge is 0.156 e. The quantitative estimate of drug-likeness (QED) is 0.609. The van der Waals surface area contributed by atoms with Gasteiger partial charge in [0, 0.05) is 48.9 Å². The Balaban J connectivity index is 1.58. The van der Waals surface area contributed by atoms with Crippen LogP contribution < -0.4 is 5.32 Å². The average Bonchev–Trinajstić information content (AvgIpc) is 3.26. The Kier molecular flexibility index (Phi) is 3.69. The van der Waals surface area contributed by atoms with Crippen LogP contribution in [0.1, 0.15) is 10.6 Å². The molecular weight excluding hydrogens is 308 g/mol. The Hall–Kier alpha value is -2.44. The highest BCUT2D eigenvalue weighted by atomic mass is 32.1. The van der Waals surface area contributed by atoms with Crippen molar-refractivity contribution in [1.82, 2.24) is 20.1 Å². The highest BCUT2D eigenvalue weighted by Crippen LogP contribution is 2.28. The van der Waals surface area contributed by atoms with Crippen molar-refractivity contribution in [3.8, 4) is 11.5 Å². The van der Waals surface area contributed by atoms with Gasteiger partial charge in [0.1, 0.15) is 16.3 Å². The van der Waals surface area contributed by atoms with Gasteiger partial charge < -0.3 is 9.73 Å². The number of aryl methyl sites for hydroxylation is 1. The number of aromatic nitrogens is 3. The summed E-state index contributed by atoms with van der Waals surface area (Å²) in [5.41, 5.74) is 2.88. The number of hydrogen-bond donors (Lipinski definition) is 1. The summed E-state index contributed by atoms with van der Waals surface area (Å²) in [5, 5.41) is 12.1. The maximum Gasteiger partial charge on any atom is 0.156 e. The largest absolute Gasteiger partial charge is 0.454 e. The highest BCUT2D eigenvalue weighted by molar-refractivity contribution is 7.09. The molecule has 0 spiro atoms. The SMILES string of the molecule is Cn1cc(CNCc2nccs2)c(-c2cc3ccccc3o2)n1. The lowest BCUT2D eigenvalue weighted by Gasteiger charge is -2.01. The monoisotopic (exact) mass is 324 g/mol. The van der Waals surface area contributed by atoms with Crippen molar-refractivity contribution in [2.24, 2.45) is 7.05 Å². The molecule has 1 aromatic carbocycles. The summed E-state index contributed by atoms with van der Waals surface area (Å²) in [6.07, 6.45) is 3.85. The maximum atomic E-state index is 5.95. The summed E-state index contributed by atoms with van der Waals surface area (Å²) in [4.78, 5) is 4.28. The number of para-hydroxylation sites is 1. The second-order valence-electron chi connectivity index (χ2n) is 5.35. The van der Waals surface area contributed by atoms with Gasteiger partial charge in [0.25, 0.3) is 0 Å². The maximum absolute atomic E-state index is 5.95. The lowest BCUT2D eigenvalue weighted by molar-refractivity contribution is 0.622. The van der Waals surface area contributed by atoms with Gasteiger partial charge in [0.05, 0.1) is 0 Å². The van der Waals surface area contributed by atoms with Crippen LogP contribution in [-0.4, -0.2) is 14.8 Å². The predicted octanol–water partition coefficient (Wildman–Crippen LogP) is 3.58. The molecule has 1 N–H and O–H groups in total. The van der Waals surface area contributed by atoms with Gasteiger partial charge in [-0.15, -0.1) is 11.3 Å². The third-order valence-electron chi connectivity index (χ3n) is 3.64. The van der Waals surface area contributed by atoms with E-state index in [1.165, 1.54) is 0 Å². The molecular formula is C17H16N4OS. The van der Waals surface area contributed by atoms with Crippen molar-refractivity contribution in [3.63, 3.8) is 0 Å². The van der Waals surface area contributed by atoms with Crippen molar-refractivity contribution in [3.05, 3.63) is 58.7 Å². The molecule has 0 amide bonds. The number of rotatable bonds is 5. The molecule has 0 aliphatic carbocycles. The average molecular weight is 324 g/mol. The second kappa shape index (κ2) is 5.98. The van der Waals surface area contributed by atoms with Crippen LogP contribution in [0, 0.1) is 0 Å². The van der Waals surface area contributed by atoms with Crippen molar-refractivity contribution in [2.75, 3.05) is 0 Å². The summed E-state index contributed by atoms with van der Waals surface area (Å²) in [7, 11) is 1.93. The summed E-state index contributed by atoms with van der Waals surface area (Å²) in [5.74, 6) is 0.804. The van der Waals surface area contributed by atoms with E-state index in [-0.39, 0.29) is 0 Å². The van der Waals surface area contributed by atoms with Crippen LogP contribution in [0.4, 0.5) is 0 Å². The zero-order chi connectivity index (χ0) is 15.6. The number of benzene rings is 1. The molecule has 3 aromatic heterocycles. The second-order valence-corrected chi connectivity index (χ2v) is 6.33. The molecule has 116 valence electrons. The molecule has 6 heteroatoms. The Morgan fingerprint density at radius 1 is 1.26 bits per heavy atom. The molecule has 0 atom stereocenters. The van der Waals surface area contributed by atoms with Crippen molar-refractivity contribution >= 4 is 22.3 Å². The molecule has 0 bridgehead atoms.